The van der Waals surface area contributed by atoms with E-state index in [0.29, 0.717) is 11.5 Å². The minimum Gasteiger partial charge on any atom is -0.465 e. The topological polar surface area (TPSA) is 64.1 Å². The monoisotopic (exact) mass is 209 g/mol. The highest BCUT2D eigenvalue weighted by atomic mass is 32.1. The average Bonchev–Trinajstić information content (AvgIpc) is 2.72. The van der Waals surface area contributed by atoms with E-state index >= 15 is 0 Å². The fraction of sp³-hybridized carbons (Fsp3) is 0.222. The van der Waals surface area contributed by atoms with Gasteiger partial charge in [0.05, 0.1) is 12.7 Å². The van der Waals surface area contributed by atoms with Crippen LogP contribution in [-0.4, -0.2) is 4.98 Å². The molecular formula is C9H11N3OS. The van der Waals surface area contributed by atoms with Crippen molar-refractivity contribution in [1.82, 2.24) is 4.98 Å². The van der Waals surface area contributed by atoms with Crippen molar-refractivity contribution < 1.29 is 4.42 Å². The SMILES string of the molecule is Cc1ccc(CNc2ncc(N)s2)o1. The highest BCUT2D eigenvalue weighted by Gasteiger charge is 2.00. The van der Waals surface area contributed by atoms with Crippen LogP contribution in [-0.2, 0) is 6.54 Å². The third kappa shape index (κ3) is 2.05. The molecule has 2 rings (SSSR count). The van der Waals surface area contributed by atoms with Gasteiger partial charge in [0.15, 0.2) is 5.13 Å². The Balaban J connectivity index is 1.94. The molecule has 0 aliphatic rings. The van der Waals surface area contributed by atoms with Crippen LogP contribution in [0.15, 0.2) is 22.7 Å². The van der Waals surface area contributed by atoms with Gasteiger partial charge in [0.25, 0.3) is 0 Å². The third-order valence-electron chi connectivity index (χ3n) is 1.73. The van der Waals surface area contributed by atoms with Gasteiger partial charge in [-0.05, 0) is 19.1 Å². The number of anilines is 2. The summed E-state index contributed by atoms with van der Waals surface area (Å²) in [6.45, 7) is 2.56. The highest BCUT2D eigenvalue weighted by Crippen LogP contribution is 2.20. The minimum atomic E-state index is 0.640. The predicted octanol–water partition coefficient (Wildman–Crippen LogP) is 2.24. The molecule has 0 aliphatic carbocycles. The van der Waals surface area contributed by atoms with Crippen LogP contribution < -0.4 is 11.1 Å². The zero-order valence-corrected chi connectivity index (χ0v) is 8.60. The van der Waals surface area contributed by atoms with Crippen molar-refractivity contribution in [1.29, 1.82) is 0 Å². The van der Waals surface area contributed by atoms with Crippen molar-refractivity contribution in [3.63, 3.8) is 0 Å². The Morgan fingerprint density at radius 3 is 3.00 bits per heavy atom. The lowest BCUT2D eigenvalue weighted by Gasteiger charge is -1.97. The van der Waals surface area contributed by atoms with Gasteiger partial charge in [-0.1, -0.05) is 11.3 Å². The quantitative estimate of drug-likeness (QED) is 0.813. The van der Waals surface area contributed by atoms with E-state index in [-0.39, 0.29) is 0 Å². The Morgan fingerprint density at radius 2 is 2.43 bits per heavy atom. The van der Waals surface area contributed by atoms with Gasteiger partial charge in [0, 0.05) is 0 Å². The van der Waals surface area contributed by atoms with E-state index in [4.69, 9.17) is 10.2 Å². The fourth-order valence-corrected chi connectivity index (χ4v) is 1.69. The molecule has 4 nitrogen and oxygen atoms in total. The Hall–Kier alpha value is -1.49. The molecule has 0 aromatic carbocycles. The summed E-state index contributed by atoms with van der Waals surface area (Å²) < 4.78 is 5.40. The first-order valence-electron chi connectivity index (χ1n) is 4.24. The Kier molecular flexibility index (Phi) is 2.41. The van der Waals surface area contributed by atoms with Gasteiger partial charge in [-0.3, -0.25) is 0 Å². The van der Waals surface area contributed by atoms with Crippen molar-refractivity contribution in [3.05, 3.63) is 29.9 Å². The molecule has 0 saturated carbocycles. The maximum Gasteiger partial charge on any atom is 0.184 e. The van der Waals surface area contributed by atoms with Crippen LogP contribution in [0.2, 0.25) is 0 Å². The molecule has 0 aliphatic heterocycles. The highest BCUT2D eigenvalue weighted by molar-refractivity contribution is 7.19. The van der Waals surface area contributed by atoms with Gasteiger partial charge in [0.2, 0.25) is 0 Å². The Bertz CT molecular complexity index is 381. The summed E-state index contributed by atoms with van der Waals surface area (Å²) in [5, 5.41) is 4.66. The van der Waals surface area contributed by atoms with Gasteiger partial charge in [-0.25, -0.2) is 4.98 Å². The van der Waals surface area contributed by atoms with Crippen LogP contribution in [0.3, 0.4) is 0 Å². The predicted molar refractivity (Wildman–Crippen MR) is 57.3 cm³/mol. The second kappa shape index (κ2) is 3.71. The van der Waals surface area contributed by atoms with Crippen LogP contribution in [0.4, 0.5) is 10.1 Å². The molecule has 0 radical (unpaired) electrons. The maximum atomic E-state index is 5.54. The van der Waals surface area contributed by atoms with Crippen molar-refractivity contribution in [3.8, 4) is 0 Å². The number of nitrogens with two attached hydrogens (primary N) is 1. The largest absolute Gasteiger partial charge is 0.465 e. The molecule has 2 aromatic rings. The maximum absolute atomic E-state index is 5.54. The summed E-state index contributed by atoms with van der Waals surface area (Å²) in [7, 11) is 0. The first-order valence-corrected chi connectivity index (χ1v) is 5.06. The number of hydrogen-bond acceptors (Lipinski definition) is 5. The summed E-state index contributed by atoms with van der Waals surface area (Å²) in [4.78, 5) is 4.08. The summed E-state index contributed by atoms with van der Waals surface area (Å²) in [6.07, 6.45) is 1.64. The lowest BCUT2D eigenvalue weighted by Crippen LogP contribution is -1.96. The molecule has 2 heterocycles. The number of aromatic nitrogens is 1. The molecule has 0 amide bonds. The normalized spacial score (nSPS) is 10.4. The number of rotatable bonds is 3. The van der Waals surface area contributed by atoms with Crippen molar-refractivity contribution in [2.45, 2.75) is 13.5 Å². The van der Waals surface area contributed by atoms with E-state index in [0.717, 1.165) is 16.7 Å². The number of hydrogen-bond donors (Lipinski definition) is 2. The second-order valence-electron chi connectivity index (χ2n) is 2.93. The van der Waals surface area contributed by atoms with Crippen LogP contribution >= 0.6 is 11.3 Å². The number of nitrogens with zero attached hydrogens (tertiary/aromatic N) is 1. The molecule has 0 saturated heterocycles. The van der Waals surface area contributed by atoms with Gasteiger partial charge in [0.1, 0.15) is 16.5 Å². The molecule has 0 unspecified atom stereocenters. The van der Waals surface area contributed by atoms with E-state index < -0.39 is 0 Å². The van der Waals surface area contributed by atoms with E-state index in [1.165, 1.54) is 11.3 Å². The molecule has 3 N–H and O–H groups in total. The van der Waals surface area contributed by atoms with Crippen LogP contribution in [0, 0.1) is 6.92 Å². The summed E-state index contributed by atoms with van der Waals surface area (Å²) in [5.74, 6) is 1.82. The van der Waals surface area contributed by atoms with Crippen LogP contribution in [0.1, 0.15) is 11.5 Å². The molecule has 0 fully saturated rings. The number of nitrogen functional groups attached to an aromatic ring is 1. The van der Waals surface area contributed by atoms with Crippen molar-refractivity contribution in [2.24, 2.45) is 0 Å². The zero-order valence-electron chi connectivity index (χ0n) is 7.78. The minimum absolute atomic E-state index is 0.640. The second-order valence-corrected chi connectivity index (χ2v) is 4.00. The van der Waals surface area contributed by atoms with Crippen LogP contribution in [0.25, 0.3) is 0 Å². The first kappa shape index (κ1) is 9.08. The number of furan rings is 1. The molecule has 5 heteroatoms. The summed E-state index contributed by atoms with van der Waals surface area (Å²) in [6, 6.07) is 3.88. The van der Waals surface area contributed by atoms with Crippen LogP contribution in [0.5, 0.6) is 0 Å². The van der Waals surface area contributed by atoms with Gasteiger partial charge >= 0.3 is 0 Å². The Labute approximate surface area is 85.8 Å². The van der Waals surface area contributed by atoms with Crippen molar-refractivity contribution >= 4 is 21.5 Å². The van der Waals surface area contributed by atoms with Gasteiger partial charge in [-0.15, -0.1) is 0 Å². The third-order valence-corrected chi connectivity index (χ3v) is 2.52. The lowest BCUT2D eigenvalue weighted by molar-refractivity contribution is 0.490. The lowest BCUT2D eigenvalue weighted by atomic mass is 10.4. The number of thiazole rings is 1. The summed E-state index contributed by atoms with van der Waals surface area (Å²) in [5.41, 5.74) is 5.54. The standard InChI is InChI=1S/C9H11N3OS/c1-6-2-3-7(13-6)4-11-9-12-5-8(10)14-9/h2-3,5H,4,10H2,1H3,(H,11,12). The molecule has 2 aromatic heterocycles. The van der Waals surface area contributed by atoms with E-state index in [1.807, 2.05) is 19.1 Å². The van der Waals surface area contributed by atoms with Crippen molar-refractivity contribution in [2.75, 3.05) is 11.1 Å². The number of aryl methyl sites for hydroxylation is 1. The summed E-state index contributed by atoms with van der Waals surface area (Å²) >= 11 is 1.43. The van der Waals surface area contributed by atoms with E-state index in [1.54, 1.807) is 6.20 Å². The van der Waals surface area contributed by atoms with E-state index in [2.05, 4.69) is 10.3 Å². The molecule has 74 valence electrons. The van der Waals surface area contributed by atoms with E-state index in [9.17, 15) is 0 Å². The fourth-order valence-electron chi connectivity index (χ4n) is 1.11. The molecule has 0 atom stereocenters. The number of nitrogens with one attached hydrogen (secondary N) is 1. The first-order chi connectivity index (χ1) is 6.74. The molecule has 14 heavy (non-hydrogen) atoms. The molecule has 0 bridgehead atoms. The van der Waals surface area contributed by atoms with Gasteiger partial charge in [-0.2, -0.15) is 0 Å². The zero-order chi connectivity index (χ0) is 9.97. The molecule has 0 spiro atoms. The smallest absolute Gasteiger partial charge is 0.184 e. The Morgan fingerprint density at radius 1 is 1.57 bits per heavy atom. The van der Waals surface area contributed by atoms with Gasteiger partial charge < -0.3 is 15.5 Å². The average molecular weight is 209 g/mol. The molecular weight excluding hydrogens is 198 g/mol.